The Balaban J connectivity index is 1.85. The van der Waals surface area contributed by atoms with Crippen molar-refractivity contribution in [3.8, 4) is 17.2 Å². The van der Waals surface area contributed by atoms with E-state index in [4.69, 9.17) is 26.4 Å². The van der Waals surface area contributed by atoms with Gasteiger partial charge in [0.2, 0.25) is 0 Å². The number of amides is 1. The van der Waals surface area contributed by atoms with Crippen molar-refractivity contribution in [2.45, 2.75) is 6.61 Å². The minimum atomic E-state index is -0.201. The third-order valence-electron chi connectivity index (χ3n) is 3.71. The molecular weight excluding hydrogens is 450 g/mol. The van der Waals surface area contributed by atoms with Crippen molar-refractivity contribution in [2.24, 2.45) is 0 Å². The molecule has 0 aromatic heterocycles. The second kappa shape index (κ2) is 8.77. The van der Waals surface area contributed by atoms with E-state index in [0.29, 0.717) is 33.1 Å². The molecule has 1 saturated heterocycles. The van der Waals surface area contributed by atoms with E-state index in [1.54, 1.807) is 26.4 Å². The Morgan fingerprint density at radius 3 is 2.44 bits per heavy atom. The number of thioether (sulfide) groups is 1. The summed E-state index contributed by atoms with van der Waals surface area (Å²) in [4.78, 5) is 12.5. The first-order valence-corrected chi connectivity index (χ1v) is 9.89. The molecule has 3 rings (SSSR count). The lowest BCUT2D eigenvalue weighted by atomic mass is 10.1. The number of methoxy groups -OCH3 is 2. The van der Waals surface area contributed by atoms with E-state index in [9.17, 15) is 4.79 Å². The Bertz CT molecular complexity index is 908. The van der Waals surface area contributed by atoms with Crippen LogP contribution in [0.3, 0.4) is 0 Å². The van der Waals surface area contributed by atoms with E-state index in [1.807, 2.05) is 30.3 Å². The molecule has 1 amide bonds. The van der Waals surface area contributed by atoms with Gasteiger partial charge in [0, 0.05) is 16.1 Å². The molecule has 1 fully saturated rings. The van der Waals surface area contributed by atoms with Gasteiger partial charge in [-0.3, -0.25) is 4.79 Å². The normalized spacial score (nSPS) is 15.0. The fourth-order valence-electron chi connectivity index (χ4n) is 2.44. The van der Waals surface area contributed by atoms with E-state index in [0.717, 1.165) is 15.6 Å². The second-order valence-electron chi connectivity index (χ2n) is 5.54. The highest BCUT2D eigenvalue weighted by atomic mass is 79.9. The Kier molecular flexibility index (Phi) is 6.41. The SMILES string of the molecule is COc1cc(COc2ccc(Br)cc2C=C2SC(=S)NC2=O)cc(OC)c1. The van der Waals surface area contributed by atoms with Gasteiger partial charge >= 0.3 is 0 Å². The molecule has 27 heavy (non-hydrogen) atoms. The summed E-state index contributed by atoms with van der Waals surface area (Å²) in [7, 11) is 3.21. The molecule has 5 nitrogen and oxygen atoms in total. The molecule has 2 aromatic carbocycles. The number of carbonyl (C=O) groups is 1. The summed E-state index contributed by atoms with van der Waals surface area (Å²) in [6, 6.07) is 11.2. The zero-order chi connectivity index (χ0) is 19.4. The van der Waals surface area contributed by atoms with Gasteiger partial charge < -0.3 is 19.5 Å². The van der Waals surface area contributed by atoms with Crippen molar-refractivity contribution in [1.29, 1.82) is 0 Å². The number of hydrogen-bond acceptors (Lipinski definition) is 6. The van der Waals surface area contributed by atoms with Crippen LogP contribution in [0.15, 0.2) is 45.8 Å². The average Bonchev–Trinajstić information content (AvgIpc) is 2.97. The number of hydrogen-bond donors (Lipinski definition) is 1. The van der Waals surface area contributed by atoms with E-state index >= 15 is 0 Å². The highest BCUT2D eigenvalue weighted by Crippen LogP contribution is 2.32. The maximum Gasteiger partial charge on any atom is 0.263 e. The van der Waals surface area contributed by atoms with E-state index in [2.05, 4.69) is 21.2 Å². The van der Waals surface area contributed by atoms with Crippen molar-refractivity contribution in [2.75, 3.05) is 14.2 Å². The Morgan fingerprint density at radius 2 is 1.85 bits per heavy atom. The second-order valence-corrected chi connectivity index (χ2v) is 8.18. The Hall–Kier alpha value is -2.03. The van der Waals surface area contributed by atoms with Gasteiger partial charge in [0.05, 0.1) is 19.1 Å². The lowest BCUT2D eigenvalue weighted by molar-refractivity contribution is -0.115. The van der Waals surface area contributed by atoms with Crippen LogP contribution >= 0.6 is 39.9 Å². The van der Waals surface area contributed by atoms with Crippen LogP contribution in [0.4, 0.5) is 0 Å². The van der Waals surface area contributed by atoms with Crippen molar-refractivity contribution in [1.82, 2.24) is 5.32 Å². The zero-order valence-electron chi connectivity index (χ0n) is 14.6. The Labute approximate surface area is 175 Å². The van der Waals surface area contributed by atoms with Gasteiger partial charge in [-0.2, -0.15) is 0 Å². The van der Waals surface area contributed by atoms with E-state index < -0.39 is 0 Å². The maximum absolute atomic E-state index is 11.9. The summed E-state index contributed by atoms with van der Waals surface area (Å²) < 4.78 is 17.9. The van der Waals surface area contributed by atoms with Crippen LogP contribution < -0.4 is 19.5 Å². The first-order chi connectivity index (χ1) is 13.0. The molecule has 0 spiro atoms. The van der Waals surface area contributed by atoms with Gasteiger partial charge in [0.15, 0.2) is 0 Å². The highest BCUT2D eigenvalue weighted by Gasteiger charge is 2.22. The minimum Gasteiger partial charge on any atom is -0.497 e. The molecule has 140 valence electrons. The topological polar surface area (TPSA) is 56.8 Å². The van der Waals surface area contributed by atoms with Gasteiger partial charge in [-0.05, 0) is 42.0 Å². The number of carbonyl (C=O) groups excluding carboxylic acids is 1. The van der Waals surface area contributed by atoms with Crippen molar-refractivity contribution >= 4 is 56.2 Å². The third-order valence-corrected chi connectivity index (χ3v) is 5.36. The van der Waals surface area contributed by atoms with Crippen LogP contribution in [0.2, 0.25) is 0 Å². The smallest absolute Gasteiger partial charge is 0.263 e. The number of benzene rings is 2. The number of nitrogens with one attached hydrogen (secondary N) is 1. The molecule has 2 aromatic rings. The first kappa shape index (κ1) is 19.7. The standard InChI is InChI=1S/C19H16BrNO4S2/c1-23-14-5-11(6-15(9-14)24-2)10-25-16-4-3-13(20)7-12(16)8-17-18(22)21-19(26)27-17/h3-9H,10H2,1-2H3,(H,21,22,26). The van der Waals surface area contributed by atoms with Crippen LogP contribution in [0.5, 0.6) is 17.2 Å². The van der Waals surface area contributed by atoms with Crippen LogP contribution in [-0.2, 0) is 11.4 Å². The van der Waals surface area contributed by atoms with Gasteiger partial charge in [-0.1, -0.05) is 39.9 Å². The van der Waals surface area contributed by atoms with Crippen molar-refractivity contribution in [3.05, 3.63) is 56.9 Å². The van der Waals surface area contributed by atoms with Crippen LogP contribution in [0.1, 0.15) is 11.1 Å². The predicted octanol–water partition coefficient (Wildman–Crippen LogP) is 4.53. The fraction of sp³-hybridized carbons (Fsp3) is 0.158. The average molecular weight is 466 g/mol. The molecule has 1 N–H and O–H groups in total. The summed E-state index contributed by atoms with van der Waals surface area (Å²) in [5.41, 5.74) is 1.68. The highest BCUT2D eigenvalue weighted by molar-refractivity contribution is 9.10. The minimum absolute atomic E-state index is 0.201. The number of thiocarbonyl (C=S) groups is 1. The van der Waals surface area contributed by atoms with Crippen molar-refractivity contribution < 1.29 is 19.0 Å². The Morgan fingerprint density at radius 1 is 1.15 bits per heavy atom. The summed E-state index contributed by atoms with van der Waals surface area (Å²) >= 11 is 9.73. The van der Waals surface area contributed by atoms with Crippen LogP contribution in [0, 0.1) is 0 Å². The van der Waals surface area contributed by atoms with Gasteiger partial charge in [-0.15, -0.1) is 0 Å². The third kappa shape index (κ3) is 5.03. The van der Waals surface area contributed by atoms with Gasteiger partial charge in [0.25, 0.3) is 5.91 Å². The van der Waals surface area contributed by atoms with Crippen LogP contribution in [-0.4, -0.2) is 24.4 Å². The molecular formula is C19H16BrNO4S2. The van der Waals surface area contributed by atoms with Crippen LogP contribution in [0.25, 0.3) is 6.08 Å². The molecule has 0 radical (unpaired) electrons. The molecule has 0 bridgehead atoms. The number of halogens is 1. The molecule has 8 heteroatoms. The quantitative estimate of drug-likeness (QED) is 0.499. The molecule has 0 saturated carbocycles. The first-order valence-electron chi connectivity index (χ1n) is 7.87. The largest absolute Gasteiger partial charge is 0.497 e. The lowest BCUT2D eigenvalue weighted by Crippen LogP contribution is -2.17. The number of ether oxygens (including phenoxy) is 3. The maximum atomic E-state index is 11.9. The molecule has 1 aliphatic heterocycles. The monoisotopic (exact) mass is 465 g/mol. The molecule has 0 unspecified atom stereocenters. The lowest BCUT2D eigenvalue weighted by Gasteiger charge is -2.12. The molecule has 0 aliphatic carbocycles. The summed E-state index contributed by atoms with van der Waals surface area (Å²) in [6.07, 6.45) is 1.77. The summed E-state index contributed by atoms with van der Waals surface area (Å²) in [5, 5.41) is 2.61. The summed E-state index contributed by atoms with van der Waals surface area (Å²) in [6.45, 7) is 0.323. The number of rotatable bonds is 6. The van der Waals surface area contributed by atoms with Gasteiger partial charge in [-0.25, -0.2) is 0 Å². The fourth-order valence-corrected chi connectivity index (χ4v) is 3.85. The predicted molar refractivity (Wildman–Crippen MR) is 114 cm³/mol. The van der Waals surface area contributed by atoms with Crippen molar-refractivity contribution in [3.63, 3.8) is 0 Å². The molecule has 1 heterocycles. The van der Waals surface area contributed by atoms with E-state index in [-0.39, 0.29) is 5.91 Å². The molecule has 0 atom stereocenters. The zero-order valence-corrected chi connectivity index (χ0v) is 17.8. The van der Waals surface area contributed by atoms with E-state index in [1.165, 1.54) is 11.8 Å². The van der Waals surface area contributed by atoms with Gasteiger partial charge in [0.1, 0.15) is 28.2 Å². The molecule has 1 aliphatic rings. The summed E-state index contributed by atoms with van der Waals surface area (Å²) in [5.74, 6) is 1.84.